The monoisotopic (exact) mass is 240 g/mol. The number of carbonyl (C=O) groups is 2. The third-order valence-electron chi connectivity index (χ3n) is 3.52. The van der Waals surface area contributed by atoms with E-state index < -0.39 is 0 Å². The molecule has 0 aliphatic carbocycles. The lowest BCUT2D eigenvalue weighted by Gasteiger charge is -2.31. The summed E-state index contributed by atoms with van der Waals surface area (Å²) in [6, 6.07) is 0. The summed E-state index contributed by atoms with van der Waals surface area (Å²) in [4.78, 5) is 24.3. The van der Waals surface area contributed by atoms with E-state index in [1.165, 1.54) is 0 Å². The highest BCUT2D eigenvalue weighted by Crippen LogP contribution is 2.20. The van der Waals surface area contributed by atoms with Gasteiger partial charge in [-0.15, -0.1) is 0 Å². The smallest absolute Gasteiger partial charge is 0.217 e. The first-order valence-electron chi connectivity index (χ1n) is 6.64. The minimum absolute atomic E-state index is 0.183. The van der Waals surface area contributed by atoms with Crippen LogP contribution >= 0.6 is 0 Å². The first kappa shape index (κ1) is 14.2. The second kappa shape index (κ2) is 7.43. The van der Waals surface area contributed by atoms with Crippen LogP contribution in [0, 0.1) is 5.92 Å². The van der Waals surface area contributed by atoms with Gasteiger partial charge < -0.3 is 10.6 Å². The Balaban J connectivity index is 2.10. The van der Waals surface area contributed by atoms with Gasteiger partial charge >= 0.3 is 0 Å². The molecule has 0 aromatic rings. The van der Waals surface area contributed by atoms with Gasteiger partial charge in [-0.25, -0.2) is 0 Å². The van der Waals surface area contributed by atoms with Gasteiger partial charge in [0.1, 0.15) is 5.78 Å². The number of nitrogens with zero attached hydrogens (tertiary/aromatic N) is 1. The second-order valence-corrected chi connectivity index (χ2v) is 4.95. The van der Waals surface area contributed by atoms with Gasteiger partial charge in [-0.1, -0.05) is 6.92 Å². The van der Waals surface area contributed by atoms with Crippen molar-refractivity contribution in [1.29, 1.82) is 0 Å². The van der Waals surface area contributed by atoms with E-state index in [2.05, 4.69) is 4.90 Å². The van der Waals surface area contributed by atoms with Gasteiger partial charge in [0.2, 0.25) is 5.91 Å². The van der Waals surface area contributed by atoms with Crippen LogP contribution in [0.25, 0.3) is 0 Å². The third-order valence-corrected chi connectivity index (χ3v) is 3.52. The zero-order chi connectivity index (χ0) is 12.7. The van der Waals surface area contributed by atoms with Crippen LogP contribution in [0.2, 0.25) is 0 Å². The average Bonchev–Trinajstić information content (AvgIpc) is 2.30. The van der Waals surface area contributed by atoms with Crippen LogP contribution in [-0.2, 0) is 9.59 Å². The van der Waals surface area contributed by atoms with Crippen molar-refractivity contribution in [2.75, 3.05) is 19.6 Å². The van der Waals surface area contributed by atoms with E-state index in [4.69, 9.17) is 5.73 Å². The molecule has 0 saturated carbocycles. The average molecular weight is 240 g/mol. The predicted molar refractivity (Wildman–Crippen MR) is 67.5 cm³/mol. The Morgan fingerprint density at radius 2 is 1.94 bits per heavy atom. The maximum atomic E-state index is 11.2. The van der Waals surface area contributed by atoms with Crippen molar-refractivity contribution in [3.63, 3.8) is 0 Å². The molecule has 1 saturated heterocycles. The minimum atomic E-state index is -0.183. The number of hydrogen-bond donors (Lipinski definition) is 1. The molecule has 4 nitrogen and oxygen atoms in total. The van der Waals surface area contributed by atoms with Gasteiger partial charge in [-0.05, 0) is 44.8 Å². The number of hydrogen-bond acceptors (Lipinski definition) is 3. The molecular formula is C13H24N2O2. The molecule has 0 radical (unpaired) electrons. The standard InChI is InChI=1S/C13H24N2O2/c1-2-12(16)4-3-7-15-8-5-11(6-9-15)10-13(14)17/h11H,2-10H2,1H3,(H2,14,17). The Bertz CT molecular complexity index is 258. The molecule has 2 N–H and O–H groups in total. The molecule has 1 fully saturated rings. The molecule has 17 heavy (non-hydrogen) atoms. The molecular weight excluding hydrogens is 216 g/mol. The molecule has 1 heterocycles. The Labute approximate surface area is 104 Å². The highest BCUT2D eigenvalue weighted by atomic mass is 16.1. The van der Waals surface area contributed by atoms with Crippen molar-refractivity contribution >= 4 is 11.7 Å². The van der Waals surface area contributed by atoms with E-state index in [0.717, 1.165) is 38.9 Å². The van der Waals surface area contributed by atoms with Crippen LogP contribution in [0.5, 0.6) is 0 Å². The van der Waals surface area contributed by atoms with E-state index in [0.29, 0.717) is 31.0 Å². The van der Waals surface area contributed by atoms with Crippen molar-refractivity contribution in [3.05, 3.63) is 0 Å². The maximum Gasteiger partial charge on any atom is 0.217 e. The minimum Gasteiger partial charge on any atom is -0.370 e. The molecule has 1 rings (SSSR count). The molecule has 1 amide bonds. The molecule has 0 spiro atoms. The molecule has 98 valence electrons. The van der Waals surface area contributed by atoms with Crippen LogP contribution in [0.4, 0.5) is 0 Å². The fourth-order valence-electron chi connectivity index (χ4n) is 2.38. The summed E-state index contributed by atoms with van der Waals surface area (Å²) in [5.74, 6) is 0.645. The predicted octanol–water partition coefficient (Wildman–Crippen LogP) is 1.33. The molecule has 4 heteroatoms. The Hall–Kier alpha value is -0.900. The van der Waals surface area contributed by atoms with Crippen LogP contribution in [0.3, 0.4) is 0 Å². The number of ketones is 1. The summed E-state index contributed by atoms with van der Waals surface area (Å²) in [6.07, 6.45) is 4.98. The van der Waals surface area contributed by atoms with Gasteiger partial charge in [0.25, 0.3) is 0 Å². The van der Waals surface area contributed by atoms with Gasteiger partial charge in [0.15, 0.2) is 0 Å². The number of likely N-dealkylation sites (tertiary alicyclic amines) is 1. The fraction of sp³-hybridized carbons (Fsp3) is 0.846. The van der Waals surface area contributed by atoms with Crippen molar-refractivity contribution in [1.82, 2.24) is 4.90 Å². The summed E-state index contributed by atoms with van der Waals surface area (Å²) in [7, 11) is 0. The van der Waals surface area contributed by atoms with E-state index in [1.54, 1.807) is 0 Å². The van der Waals surface area contributed by atoms with Gasteiger partial charge in [0, 0.05) is 19.3 Å². The Morgan fingerprint density at radius 3 is 2.47 bits per heavy atom. The van der Waals surface area contributed by atoms with Crippen molar-refractivity contribution in [2.24, 2.45) is 11.7 Å². The van der Waals surface area contributed by atoms with Gasteiger partial charge in [0.05, 0.1) is 0 Å². The van der Waals surface area contributed by atoms with E-state index in [-0.39, 0.29) is 5.91 Å². The van der Waals surface area contributed by atoms with Crippen LogP contribution in [0.15, 0.2) is 0 Å². The van der Waals surface area contributed by atoms with Crippen LogP contribution < -0.4 is 5.73 Å². The summed E-state index contributed by atoms with van der Waals surface area (Å²) in [5.41, 5.74) is 5.20. The number of rotatable bonds is 7. The third kappa shape index (κ3) is 5.82. The number of primary amides is 1. The molecule has 0 atom stereocenters. The molecule has 1 aliphatic rings. The summed E-state index contributed by atoms with van der Waals surface area (Å²) < 4.78 is 0. The van der Waals surface area contributed by atoms with Gasteiger partial charge in [-0.3, -0.25) is 9.59 Å². The lowest BCUT2D eigenvalue weighted by Crippen LogP contribution is -2.35. The SMILES string of the molecule is CCC(=O)CCCN1CCC(CC(N)=O)CC1. The topological polar surface area (TPSA) is 63.4 Å². The Morgan fingerprint density at radius 1 is 1.29 bits per heavy atom. The van der Waals surface area contributed by atoms with Crippen LogP contribution in [-0.4, -0.2) is 36.2 Å². The zero-order valence-corrected chi connectivity index (χ0v) is 10.8. The number of nitrogens with two attached hydrogens (primary N) is 1. The first-order valence-corrected chi connectivity index (χ1v) is 6.64. The molecule has 0 aromatic carbocycles. The maximum absolute atomic E-state index is 11.2. The number of piperidine rings is 1. The first-order chi connectivity index (χ1) is 8.11. The largest absolute Gasteiger partial charge is 0.370 e. The molecule has 1 aliphatic heterocycles. The van der Waals surface area contributed by atoms with Crippen molar-refractivity contribution in [2.45, 2.75) is 45.4 Å². The quantitative estimate of drug-likeness (QED) is 0.730. The van der Waals surface area contributed by atoms with E-state index in [1.807, 2.05) is 6.92 Å². The number of amides is 1. The Kier molecular flexibility index (Phi) is 6.19. The second-order valence-electron chi connectivity index (χ2n) is 4.95. The van der Waals surface area contributed by atoms with Crippen molar-refractivity contribution in [3.8, 4) is 0 Å². The highest BCUT2D eigenvalue weighted by Gasteiger charge is 2.20. The normalized spacial score (nSPS) is 18.2. The number of Topliss-reactive ketones (excluding diaryl/α,β-unsaturated/α-hetero) is 1. The number of carbonyl (C=O) groups excluding carboxylic acids is 2. The summed E-state index contributed by atoms with van der Waals surface area (Å²) >= 11 is 0. The zero-order valence-electron chi connectivity index (χ0n) is 10.8. The summed E-state index contributed by atoms with van der Waals surface area (Å²) in [5, 5.41) is 0. The van der Waals surface area contributed by atoms with E-state index in [9.17, 15) is 9.59 Å². The van der Waals surface area contributed by atoms with Gasteiger partial charge in [-0.2, -0.15) is 0 Å². The lowest BCUT2D eigenvalue weighted by atomic mass is 9.93. The highest BCUT2D eigenvalue weighted by molar-refractivity contribution is 5.77. The lowest BCUT2D eigenvalue weighted by molar-refractivity contribution is -0.120. The molecule has 0 aromatic heterocycles. The van der Waals surface area contributed by atoms with Crippen molar-refractivity contribution < 1.29 is 9.59 Å². The van der Waals surface area contributed by atoms with Crippen LogP contribution in [0.1, 0.15) is 45.4 Å². The molecule has 0 unspecified atom stereocenters. The fourth-order valence-corrected chi connectivity index (χ4v) is 2.38. The van der Waals surface area contributed by atoms with E-state index >= 15 is 0 Å². The molecule has 0 bridgehead atoms. The summed E-state index contributed by atoms with van der Waals surface area (Å²) in [6.45, 7) is 5.00.